The van der Waals surface area contributed by atoms with Crippen molar-refractivity contribution in [3.05, 3.63) is 23.9 Å². The molecule has 0 spiro atoms. The molecule has 0 bridgehead atoms. The number of carbonyl (C=O) groups is 1. The fourth-order valence-corrected chi connectivity index (χ4v) is 1.92. The maximum absolute atomic E-state index is 12.0. The van der Waals surface area contributed by atoms with E-state index in [1.54, 1.807) is 6.20 Å². The maximum Gasteiger partial charge on any atom is 0.419 e. The van der Waals surface area contributed by atoms with Crippen LogP contribution >= 0.6 is 0 Å². The monoisotopic (exact) mass is 252 g/mol. The fraction of sp³-hybridized carbons (Fsp3) is 0.500. The van der Waals surface area contributed by atoms with Crippen LogP contribution in [-0.2, 0) is 20.6 Å². The van der Waals surface area contributed by atoms with Gasteiger partial charge in [0.25, 0.3) is 0 Å². The zero-order chi connectivity index (χ0) is 13.0. The highest BCUT2D eigenvalue weighted by molar-refractivity contribution is 5.87. The summed E-state index contributed by atoms with van der Waals surface area (Å²) in [5.41, 5.74) is 1.05. The van der Waals surface area contributed by atoms with Crippen LogP contribution < -0.4 is 4.90 Å². The first-order valence-electron chi connectivity index (χ1n) is 5.74. The van der Waals surface area contributed by atoms with Crippen LogP contribution in [0, 0.1) is 0 Å². The Balaban J connectivity index is 2.12. The minimum absolute atomic E-state index is 0.511. The van der Waals surface area contributed by atoms with Crippen LogP contribution in [0.15, 0.2) is 18.3 Å². The first kappa shape index (κ1) is 12.8. The third-order valence-corrected chi connectivity index (χ3v) is 2.75. The Morgan fingerprint density at radius 2 is 2.22 bits per heavy atom. The van der Waals surface area contributed by atoms with Gasteiger partial charge < -0.3 is 14.2 Å². The van der Waals surface area contributed by atoms with E-state index in [1.165, 1.54) is 19.1 Å². The molecule has 1 amide bonds. The highest BCUT2D eigenvalue weighted by atomic mass is 16.8. The Morgan fingerprint density at radius 1 is 1.44 bits per heavy atom. The van der Waals surface area contributed by atoms with Gasteiger partial charge >= 0.3 is 12.6 Å². The molecule has 98 valence electrons. The third kappa shape index (κ3) is 2.60. The van der Waals surface area contributed by atoms with E-state index < -0.39 is 12.6 Å². The first-order valence-corrected chi connectivity index (χ1v) is 5.74. The van der Waals surface area contributed by atoms with Gasteiger partial charge in [0.05, 0.1) is 0 Å². The highest BCUT2D eigenvalue weighted by Crippen LogP contribution is 2.24. The Labute approximate surface area is 105 Å². The van der Waals surface area contributed by atoms with E-state index in [4.69, 9.17) is 14.2 Å². The number of amides is 1. The van der Waals surface area contributed by atoms with Gasteiger partial charge in [-0.25, -0.2) is 9.78 Å². The van der Waals surface area contributed by atoms with Gasteiger partial charge in [-0.2, -0.15) is 0 Å². The van der Waals surface area contributed by atoms with Gasteiger partial charge in [-0.1, -0.05) is 6.07 Å². The number of hydrogen-bond donors (Lipinski definition) is 0. The predicted molar refractivity (Wildman–Crippen MR) is 64.2 cm³/mol. The van der Waals surface area contributed by atoms with Crippen molar-refractivity contribution >= 4 is 11.9 Å². The SMILES string of the molecule is COC(OC)OC(=O)N1CCCc2cccnc21. The predicted octanol–water partition coefficient (Wildman–Crippen LogP) is 1.55. The molecule has 0 saturated carbocycles. The number of anilines is 1. The molecular formula is C12H16N2O4. The van der Waals surface area contributed by atoms with Crippen molar-refractivity contribution in [3.63, 3.8) is 0 Å². The minimum atomic E-state index is -0.994. The van der Waals surface area contributed by atoms with Crippen LogP contribution in [0.1, 0.15) is 12.0 Å². The average Bonchev–Trinajstić information content (AvgIpc) is 2.43. The second kappa shape index (κ2) is 5.79. The summed E-state index contributed by atoms with van der Waals surface area (Å²) in [4.78, 5) is 17.7. The molecule has 0 radical (unpaired) electrons. The number of ether oxygens (including phenoxy) is 3. The minimum Gasteiger partial charge on any atom is -0.393 e. The molecular weight excluding hydrogens is 236 g/mol. The number of carbonyl (C=O) groups excluding carboxylic acids is 1. The molecule has 0 N–H and O–H groups in total. The molecule has 0 fully saturated rings. The van der Waals surface area contributed by atoms with Crippen molar-refractivity contribution in [1.82, 2.24) is 4.98 Å². The molecule has 2 heterocycles. The summed E-state index contributed by atoms with van der Waals surface area (Å²) in [5, 5.41) is 0. The molecule has 0 atom stereocenters. The molecule has 2 rings (SSSR count). The lowest BCUT2D eigenvalue weighted by molar-refractivity contribution is -0.233. The Morgan fingerprint density at radius 3 is 2.94 bits per heavy atom. The largest absolute Gasteiger partial charge is 0.419 e. The normalized spacial score (nSPS) is 14.5. The molecule has 0 saturated heterocycles. The molecule has 1 aliphatic rings. The number of rotatable bonds is 3. The van der Waals surface area contributed by atoms with Crippen molar-refractivity contribution < 1.29 is 19.0 Å². The summed E-state index contributed by atoms with van der Waals surface area (Å²) in [6.45, 7) is -0.408. The van der Waals surface area contributed by atoms with Crippen LogP contribution in [0.4, 0.5) is 10.6 Å². The number of aryl methyl sites for hydroxylation is 1. The number of hydrogen-bond acceptors (Lipinski definition) is 5. The summed E-state index contributed by atoms with van der Waals surface area (Å²) < 4.78 is 14.7. The summed E-state index contributed by atoms with van der Waals surface area (Å²) in [6, 6.07) is 3.83. The highest BCUT2D eigenvalue weighted by Gasteiger charge is 2.26. The van der Waals surface area contributed by atoms with E-state index in [0.717, 1.165) is 18.4 Å². The Kier molecular flexibility index (Phi) is 4.11. The van der Waals surface area contributed by atoms with E-state index in [1.807, 2.05) is 12.1 Å². The van der Waals surface area contributed by atoms with Crippen molar-refractivity contribution in [1.29, 1.82) is 0 Å². The Hall–Kier alpha value is -1.66. The van der Waals surface area contributed by atoms with Gasteiger partial charge in [0.15, 0.2) is 0 Å². The number of pyridine rings is 1. The lowest BCUT2D eigenvalue weighted by Crippen LogP contribution is -2.39. The molecule has 6 heteroatoms. The third-order valence-electron chi connectivity index (χ3n) is 2.75. The zero-order valence-electron chi connectivity index (χ0n) is 10.5. The lowest BCUT2D eigenvalue weighted by atomic mass is 10.1. The van der Waals surface area contributed by atoms with Gasteiger partial charge in [-0.05, 0) is 24.5 Å². The van der Waals surface area contributed by atoms with E-state index in [9.17, 15) is 4.79 Å². The quantitative estimate of drug-likeness (QED) is 0.764. The Bertz CT molecular complexity index is 420. The van der Waals surface area contributed by atoms with Crippen molar-refractivity contribution in [2.24, 2.45) is 0 Å². The van der Waals surface area contributed by atoms with E-state index in [0.29, 0.717) is 12.4 Å². The molecule has 1 aromatic rings. The summed E-state index contributed by atoms with van der Waals surface area (Å²) in [6.07, 6.45) is 2.96. The molecule has 0 aliphatic carbocycles. The summed E-state index contributed by atoms with van der Waals surface area (Å²) >= 11 is 0. The fourth-order valence-electron chi connectivity index (χ4n) is 1.92. The van der Waals surface area contributed by atoms with Crippen LogP contribution in [0.3, 0.4) is 0 Å². The van der Waals surface area contributed by atoms with Crippen LogP contribution in [0.5, 0.6) is 0 Å². The second-order valence-corrected chi connectivity index (χ2v) is 3.89. The van der Waals surface area contributed by atoms with Crippen molar-refractivity contribution in [2.45, 2.75) is 19.3 Å². The number of nitrogens with zero attached hydrogens (tertiary/aromatic N) is 2. The van der Waals surface area contributed by atoms with Crippen LogP contribution in [-0.4, -0.2) is 38.3 Å². The number of aromatic nitrogens is 1. The maximum atomic E-state index is 12.0. The van der Waals surface area contributed by atoms with Gasteiger partial charge in [0.2, 0.25) is 0 Å². The van der Waals surface area contributed by atoms with Gasteiger partial charge in [-0.15, -0.1) is 0 Å². The topological polar surface area (TPSA) is 60.9 Å². The number of fused-ring (bicyclic) bond motifs is 1. The zero-order valence-corrected chi connectivity index (χ0v) is 10.5. The molecule has 6 nitrogen and oxygen atoms in total. The summed E-state index contributed by atoms with van der Waals surface area (Å²) in [7, 11) is 2.81. The number of methoxy groups -OCH3 is 2. The van der Waals surface area contributed by atoms with E-state index in [-0.39, 0.29) is 0 Å². The van der Waals surface area contributed by atoms with Gasteiger partial charge in [0.1, 0.15) is 5.82 Å². The van der Waals surface area contributed by atoms with Gasteiger partial charge in [-0.3, -0.25) is 4.90 Å². The summed E-state index contributed by atoms with van der Waals surface area (Å²) in [5.74, 6) is 0.653. The van der Waals surface area contributed by atoms with Crippen LogP contribution in [0.25, 0.3) is 0 Å². The molecule has 18 heavy (non-hydrogen) atoms. The lowest BCUT2D eigenvalue weighted by Gasteiger charge is -2.28. The second-order valence-electron chi connectivity index (χ2n) is 3.89. The molecule has 1 aliphatic heterocycles. The van der Waals surface area contributed by atoms with E-state index in [2.05, 4.69) is 4.98 Å². The van der Waals surface area contributed by atoms with Gasteiger partial charge in [0, 0.05) is 27.0 Å². The average molecular weight is 252 g/mol. The smallest absolute Gasteiger partial charge is 0.393 e. The first-order chi connectivity index (χ1) is 8.76. The molecule has 0 aromatic carbocycles. The molecule has 1 aromatic heterocycles. The van der Waals surface area contributed by atoms with Crippen molar-refractivity contribution in [2.75, 3.05) is 25.7 Å². The van der Waals surface area contributed by atoms with Crippen LogP contribution in [0.2, 0.25) is 0 Å². The standard InChI is InChI=1S/C12H16N2O4/c1-16-12(17-2)18-11(15)14-8-4-6-9-5-3-7-13-10(9)14/h3,5,7,12H,4,6,8H2,1-2H3. The molecule has 0 unspecified atom stereocenters. The van der Waals surface area contributed by atoms with E-state index >= 15 is 0 Å². The van der Waals surface area contributed by atoms with Crippen molar-refractivity contribution in [3.8, 4) is 0 Å².